The minimum atomic E-state index is -0.250. The summed E-state index contributed by atoms with van der Waals surface area (Å²) in [7, 11) is 1.81. The van der Waals surface area contributed by atoms with Crippen LogP contribution in [0, 0.1) is 5.82 Å². The third-order valence-corrected chi connectivity index (χ3v) is 4.60. The molecule has 0 aliphatic rings. The zero-order valence-electron chi connectivity index (χ0n) is 11.1. The van der Waals surface area contributed by atoms with Crippen molar-refractivity contribution in [3.8, 4) is 0 Å². The molecule has 1 aromatic carbocycles. The molecule has 0 radical (unpaired) electrons. The SMILES string of the molecule is CN(Cc1ccc(Br)s1)C(=O)CCc1ccc(F)cc1. The largest absolute Gasteiger partial charge is 0.341 e. The van der Waals surface area contributed by atoms with E-state index in [0.29, 0.717) is 19.4 Å². The second-order valence-corrected chi connectivity index (χ2v) is 7.13. The molecule has 2 rings (SSSR count). The molecule has 106 valence electrons. The molecular formula is C15H15BrFNOS. The van der Waals surface area contributed by atoms with E-state index in [1.165, 1.54) is 12.1 Å². The Balaban J connectivity index is 1.83. The van der Waals surface area contributed by atoms with Gasteiger partial charge in [0, 0.05) is 18.3 Å². The van der Waals surface area contributed by atoms with Gasteiger partial charge >= 0.3 is 0 Å². The minimum absolute atomic E-state index is 0.0962. The van der Waals surface area contributed by atoms with Gasteiger partial charge in [-0.3, -0.25) is 4.79 Å². The van der Waals surface area contributed by atoms with E-state index in [-0.39, 0.29) is 11.7 Å². The van der Waals surface area contributed by atoms with Crippen LogP contribution in [0.3, 0.4) is 0 Å². The number of hydrogen-bond acceptors (Lipinski definition) is 2. The number of carbonyl (C=O) groups is 1. The van der Waals surface area contributed by atoms with Crippen LogP contribution < -0.4 is 0 Å². The predicted molar refractivity (Wildman–Crippen MR) is 83.2 cm³/mol. The van der Waals surface area contributed by atoms with Gasteiger partial charge in [0.15, 0.2) is 0 Å². The number of amides is 1. The van der Waals surface area contributed by atoms with E-state index in [0.717, 1.165) is 14.2 Å². The van der Waals surface area contributed by atoms with Crippen molar-refractivity contribution in [3.05, 3.63) is 56.4 Å². The average Bonchev–Trinajstić information content (AvgIpc) is 2.83. The molecule has 1 heterocycles. The van der Waals surface area contributed by atoms with Gasteiger partial charge in [-0.05, 0) is 52.2 Å². The Labute approximate surface area is 130 Å². The highest BCUT2D eigenvalue weighted by Crippen LogP contribution is 2.23. The molecule has 0 bridgehead atoms. The second kappa shape index (κ2) is 6.99. The fourth-order valence-corrected chi connectivity index (χ4v) is 3.39. The van der Waals surface area contributed by atoms with Crippen LogP contribution in [0.4, 0.5) is 4.39 Å². The van der Waals surface area contributed by atoms with Gasteiger partial charge in [-0.15, -0.1) is 11.3 Å². The summed E-state index contributed by atoms with van der Waals surface area (Å²) in [6.45, 7) is 0.624. The topological polar surface area (TPSA) is 20.3 Å². The van der Waals surface area contributed by atoms with Crippen molar-refractivity contribution in [2.24, 2.45) is 0 Å². The summed E-state index contributed by atoms with van der Waals surface area (Å²) in [5.74, 6) is -0.153. The van der Waals surface area contributed by atoms with Gasteiger partial charge in [0.25, 0.3) is 0 Å². The summed E-state index contributed by atoms with van der Waals surface area (Å²) in [5.41, 5.74) is 0.979. The van der Waals surface area contributed by atoms with Crippen LogP contribution in [-0.2, 0) is 17.8 Å². The van der Waals surface area contributed by atoms with E-state index >= 15 is 0 Å². The van der Waals surface area contributed by atoms with Crippen LogP contribution >= 0.6 is 27.3 Å². The number of nitrogens with zero attached hydrogens (tertiary/aromatic N) is 1. The number of carbonyl (C=O) groups excluding carboxylic acids is 1. The van der Waals surface area contributed by atoms with Crippen molar-refractivity contribution in [2.75, 3.05) is 7.05 Å². The van der Waals surface area contributed by atoms with Crippen molar-refractivity contribution in [2.45, 2.75) is 19.4 Å². The van der Waals surface area contributed by atoms with Gasteiger partial charge in [-0.25, -0.2) is 4.39 Å². The second-order valence-electron chi connectivity index (χ2n) is 4.58. The highest BCUT2D eigenvalue weighted by Gasteiger charge is 2.10. The minimum Gasteiger partial charge on any atom is -0.341 e. The lowest BCUT2D eigenvalue weighted by atomic mass is 10.1. The third-order valence-electron chi connectivity index (χ3n) is 2.99. The summed E-state index contributed by atoms with van der Waals surface area (Å²) >= 11 is 5.04. The van der Waals surface area contributed by atoms with Crippen molar-refractivity contribution < 1.29 is 9.18 Å². The molecule has 1 amide bonds. The molecule has 0 N–H and O–H groups in total. The van der Waals surface area contributed by atoms with Crippen LogP contribution in [0.15, 0.2) is 40.2 Å². The number of thiophene rings is 1. The predicted octanol–water partition coefficient (Wildman–Crippen LogP) is 4.24. The smallest absolute Gasteiger partial charge is 0.222 e. The zero-order valence-corrected chi connectivity index (χ0v) is 13.5. The van der Waals surface area contributed by atoms with Gasteiger partial charge in [-0.1, -0.05) is 12.1 Å². The summed E-state index contributed by atoms with van der Waals surface area (Å²) in [6, 6.07) is 10.3. The first-order chi connectivity index (χ1) is 9.54. The molecule has 20 heavy (non-hydrogen) atoms. The Hall–Kier alpha value is -1.20. The Morgan fingerprint density at radius 1 is 1.25 bits per heavy atom. The quantitative estimate of drug-likeness (QED) is 0.785. The van der Waals surface area contributed by atoms with E-state index in [1.54, 1.807) is 35.4 Å². The molecule has 0 saturated carbocycles. The van der Waals surface area contributed by atoms with E-state index in [9.17, 15) is 9.18 Å². The number of benzene rings is 1. The molecule has 0 saturated heterocycles. The van der Waals surface area contributed by atoms with Crippen LogP contribution in [0.2, 0.25) is 0 Å². The molecule has 2 nitrogen and oxygen atoms in total. The Kier molecular flexibility index (Phi) is 5.31. The van der Waals surface area contributed by atoms with Crippen LogP contribution in [0.5, 0.6) is 0 Å². The lowest BCUT2D eigenvalue weighted by Gasteiger charge is -2.16. The lowest BCUT2D eigenvalue weighted by molar-refractivity contribution is -0.130. The van der Waals surface area contributed by atoms with E-state index < -0.39 is 0 Å². The molecular weight excluding hydrogens is 341 g/mol. The molecule has 0 fully saturated rings. The molecule has 0 aliphatic carbocycles. The first-order valence-corrected chi connectivity index (χ1v) is 7.88. The molecule has 0 aliphatic heterocycles. The molecule has 0 unspecified atom stereocenters. The number of halogens is 2. The highest BCUT2D eigenvalue weighted by atomic mass is 79.9. The Morgan fingerprint density at radius 3 is 2.55 bits per heavy atom. The maximum absolute atomic E-state index is 12.8. The molecule has 2 aromatic rings. The van der Waals surface area contributed by atoms with Crippen molar-refractivity contribution in [1.82, 2.24) is 4.90 Å². The summed E-state index contributed by atoms with van der Waals surface area (Å²) in [5, 5.41) is 0. The van der Waals surface area contributed by atoms with Gasteiger partial charge in [0.05, 0.1) is 10.3 Å². The fraction of sp³-hybridized carbons (Fsp3) is 0.267. The van der Waals surface area contributed by atoms with Gasteiger partial charge < -0.3 is 4.90 Å². The van der Waals surface area contributed by atoms with E-state index in [4.69, 9.17) is 0 Å². The average molecular weight is 356 g/mol. The summed E-state index contributed by atoms with van der Waals surface area (Å²) in [4.78, 5) is 14.9. The van der Waals surface area contributed by atoms with Gasteiger partial charge in [-0.2, -0.15) is 0 Å². The van der Waals surface area contributed by atoms with Gasteiger partial charge in [0.1, 0.15) is 5.82 Å². The van der Waals surface area contributed by atoms with Crippen molar-refractivity contribution >= 4 is 33.2 Å². The summed E-state index contributed by atoms with van der Waals surface area (Å²) in [6.07, 6.45) is 1.08. The first-order valence-electron chi connectivity index (χ1n) is 6.27. The van der Waals surface area contributed by atoms with Crippen LogP contribution in [-0.4, -0.2) is 17.9 Å². The molecule has 0 atom stereocenters. The first kappa shape index (κ1) is 15.2. The molecule has 5 heteroatoms. The molecule has 1 aromatic heterocycles. The Bertz CT molecular complexity index is 582. The number of aryl methyl sites for hydroxylation is 1. The van der Waals surface area contributed by atoms with Crippen molar-refractivity contribution in [1.29, 1.82) is 0 Å². The summed E-state index contributed by atoms with van der Waals surface area (Å²) < 4.78 is 13.8. The maximum Gasteiger partial charge on any atom is 0.222 e. The lowest BCUT2D eigenvalue weighted by Crippen LogP contribution is -2.25. The van der Waals surface area contributed by atoms with Crippen LogP contribution in [0.25, 0.3) is 0 Å². The maximum atomic E-state index is 12.8. The monoisotopic (exact) mass is 355 g/mol. The number of rotatable bonds is 5. The number of hydrogen-bond donors (Lipinski definition) is 0. The molecule has 0 spiro atoms. The van der Waals surface area contributed by atoms with E-state index in [1.807, 2.05) is 12.1 Å². The Morgan fingerprint density at radius 2 is 1.95 bits per heavy atom. The third kappa shape index (κ3) is 4.42. The fourth-order valence-electron chi connectivity index (χ4n) is 1.85. The van der Waals surface area contributed by atoms with Crippen LogP contribution in [0.1, 0.15) is 16.9 Å². The zero-order chi connectivity index (χ0) is 14.5. The van der Waals surface area contributed by atoms with E-state index in [2.05, 4.69) is 15.9 Å². The normalized spacial score (nSPS) is 10.6. The van der Waals surface area contributed by atoms with Crippen molar-refractivity contribution in [3.63, 3.8) is 0 Å². The van der Waals surface area contributed by atoms with Gasteiger partial charge in [0.2, 0.25) is 5.91 Å². The highest BCUT2D eigenvalue weighted by molar-refractivity contribution is 9.11. The standard InChI is InChI=1S/C15H15BrFNOS/c1-18(10-13-7-8-14(16)20-13)15(19)9-4-11-2-5-12(17)6-3-11/h2-3,5-8H,4,9-10H2,1H3.